The maximum atomic E-state index is 13.1. The molecule has 5 N–H and O–H groups in total. The molecule has 0 bridgehead atoms. The Morgan fingerprint density at radius 3 is 2.61 bits per heavy atom. The molecular formula is C24H20Cl2N4O3. The van der Waals surface area contributed by atoms with Gasteiger partial charge in [-0.15, -0.1) is 0 Å². The first-order valence-corrected chi connectivity index (χ1v) is 10.9. The van der Waals surface area contributed by atoms with E-state index < -0.39 is 11.9 Å². The topological polar surface area (TPSA) is 121 Å². The van der Waals surface area contributed by atoms with Gasteiger partial charge in [0.25, 0.3) is 0 Å². The summed E-state index contributed by atoms with van der Waals surface area (Å²) in [5.41, 5.74) is 9.22. The van der Waals surface area contributed by atoms with Crippen LogP contribution in [0.15, 0.2) is 60.7 Å². The van der Waals surface area contributed by atoms with Crippen molar-refractivity contribution in [1.82, 2.24) is 10.2 Å². The van der Waals surface area contributed by atoms with Gasteiger partial charge in [0.1, 0.15) is 0 Å². The number of aromatic carboxylic acids is 1. The first-order chi connectivity index (χ1) is 15.9. The molecule has 1 heterocycles. The minimum absolute atomic E-state index is 0.166. The van der Waals surface area contributed by atoms with Gasteiger partial charge in [-0.1, -0.05) is 41.4 Å². The number of carboxylic acid groups (broad SMARTS) is 1. The normalized spacial score (nSPS) is 12.0. The van der Waals surface area contributed by atoms with Crippen LogP contribution in [0.2, 0.25) is 10.0 Å². The van der Waals surface area contributed by atoms with E-state index in [0.29, 0.717) is 40.0 Å². The number of carboxylic acids is 1. The summed E-state index contributed by atoms with van der Waals surface area (Å²) in [5.74, 6) is -1.74. The second-order valence-corrected chi connectivity index (χ2v) is 8.33. The molecule has 0 fully saturated rings. The minimum atomic E-state index is -1.02. The molecule has 0 saturated heterocycles. The van der Waals surface area contributed by atoms with E-state index in [1.54, 1.807) is 54.6 Å². The summed E-state index contributed by atoms with van der Waals surface area (Å²) in [6.07, 6.45) is 0.435. The van der Waals surface area contributed by atoms with Gasteiger partial charge in [0.15, 0.2) is 0 Å². The van der Waals surface area contributed by atoms with Crippen molar-refractivity contribution in [2.75, 3.05) is 11.9 Å². The van der Waals surface area contributed by atoms with Crippen LogP contribution in [0.3, 0.4) is 0 Å². The number of halogens is 2. The maximum Gasteiger partial charge on any atom is 0.335 e. The van der Waals surface area contributed by atoms with E-state index in [1.165, 1.54) is 6.07 Å². The highest BCUT2D eigenvalue weighted by atomic mass is 35.5. The van der Waals surface area contributed by atoms with E-state index >= 15 is 0 Å². The van der Waals surface area contributed by atoms with Gasteiger partial charge in [0.05, 0.1) is 32.7 Å². The molecule has 7 nitrogen and oxygen atoms in total. The van der Waals surface area contributed by atoms with E-state index in [2.05, 4.69) is 15.5 Å². The molecule has 4 aromatic rings. The molecule has 0 aliphatic heterocycles. The van der Waals surface area contributed by atoms with Crippen molar-refractivity contribution in [3.05, 3.63) is 81.8 Å². The second-order valence-electron chi connectivity index (χ2n) is 7.51. The van der Waals surface area contributed by atoms with Crippen LogP contribution in [0.1, 0.15) is 28.3 Å². The Hall–Kier alpha value is -3.39. The van der Waals surface area contributed by atoms with Crippen molar-refractivity contribution in [1.29, 1.82) is 0 Å². The van der Waals surface area contributed by atoms with Crippen LogP contribution in [-0.2, 0) is 4.79 Å². The molecule has 0 radical (unpaired) electrons. The summed E-state index contributed by atoms with van der Waals surface area (Å²) < 4.78 is 0. The number of nitrogens with two attached hydrogens (primary N) is 1. The number of rotatable bonds is 7. The molecule has 1 amide bonds. The molecule has 0 saturated carbocycles. The quantitative estimate of drug-likeness (QED) is 0.284. The Morgan fingerprint density at radius 2 is 1.88 bits per heavy atom. The number of hydrogen-bond acceptors (Lipinski definition) is 4. The smallest absolute Gasteiger partial charge is 0.335 e. The zero-order chi connectivity index (χ0) is 23.5. The van der Waals surface area contributed by atoms with Crippen LogP contribution in [-0.4, -0.2) is 33.7 Å². The van der Waals surface area contributed by atoms with Gasteiger partial charge in [-0.3, -0.25) is 9.89 Å². The van der Waals surface area contributed by atoms with Crippen LogP contribution in [0.25, 0.3) is 22.2 Å². The number of nitrogens with zero attached hydrogens (tertiary/aromatic N) is 1. The molecule has 0 aliphatic carbocycles. The zero-order valence-corrected chi connectivity index (χ0v) is 18.8. The van der Waals surface area contributed by atoms with Crippen molar-refractivity contribution < 1.29 is 14.7 Å². The van der Waals surface area contributed by atoms with Crippen LogP contribution >= 0.6 is 23.2 Å². The number of aromatic nitrogens is 2. The highest BCUT2D eigenvalue weighted by molar-refractivity contribution is 6.42. The lowest BCUT2D eigenvalue weighted by molar-refractivity contribution is -0.117. The van der Waals surface area contributed by atoms with Crippen LogP contribution in [0, 0.1) is 0 Å². The fourth-order valence-electron chi connectivity index (χ4n) is 3.69. The molecule has 168 valence electrons. The molecule has 1 aromatic heterocycles. The van der Waals surface area contributed by atoms with E-state index in [-0.39, 0.29) is 11.5 Å². The predicted octanol–water partition coefficient (Wildman–Crippen LogP) is 5.31. The largest absolute Gasteiger partial charge is 0.478 e. The molecular weight excluding hydrogens is 463 g/mol. The number of benzene rings is 3. The van der Waals surface area contributed by atoms with Gasteiger partial charge in [0.2, 0.25) is 5.91 Å². The maximum absolute atomic E-state index is 13.1. The summed E-state index contributed by atoms with van der Waals surface area (Å²) in [7, 11) is 0. The highest BCUT2D eigenvalue weighted by Gasteiger charge is 2.21. The third kappa shape index (κ3) is 4.85. The lowest BCUT2D eigenvalue weighted by Crippen LogP contribution is -2.23. The molecule has 1 atom stereocenters. The molecule has 0 spiro atoms. The van der Waals surface area contributed by atoms with Gasteiger partial charge >= 0.3 is 5.97 Å². The lowest BCUT2D eigenvalue weighted by atomic mass is 9.94. The number of aromatic amines is 1. The summed E-state index contributed by atoms with van der Waals surface area (Å²) in [5, 5.41) is 21.0. The van der Waals surface area contributed by atoms with Gasteiger partial charge in [-0.25, -0.2) is 4.79 Å². The Balaban J connectivity index is 1.65. The molecule has 1 unspecified atom stereocenters. The van der Waals surface area contributed by atoms with E-state index in [1.807, 2.05) is 0 Å². The molecule has 0 aliphatic rings. The van der Waals surface area contributed by atoms with Crippen LogP contribution in [0.5, 0.6) is 0 Å². The van der Waals surface area contributed by atoms with E-state index in [4.69, 9.17) is 28.9 Å². The highest BCUT2D eigenvalue weighted by Crippen LogP contribution is 2.31. The third-order valence-electron chi connectivity index (χ3n) is 5.33. The van der Waals surface area contributed by atoms with Gasteiger partial charge in [-0.2, -0.15) is 5.10 Å². The van der Waals surface area contributed by atoms with Crippen LogP contribution < -0.4 is 11.1 Å². The number of H-pyrrole nitrogens is 1. The Morgan fingerprint density at radius 1 is 1.06 bits per heavy atom. The summed E-state index contributed by atoms with van der Waals surface area (Å²) in [6, 6.07) is 17.0. The molecule has 4 rings (SSSR count). The number of carbonyl (C=O) groups excluding carboxylic acids is 1. The van der Waals surface area contributed by atoms with Crippen molar-refractivity contribution >= 4 is 51.7 Å². The van der Waals surface area contributed by atoms with E-state index in [0.717, 1.165) is 16.5 Å². The SMILES string of the molecule is NCCC(C(=O)Nc1ccc2[nH]nc(-c3cccc(C(=O)O)c3)c2c1)c1ccc(Cl)c(Cl)c1. The number of nitrogens with one attached hydrogen (secondary N) is 2. The fourth-order valence-corrected chi connectivity index (χ4v) is 3.99. The molecule has 3 aromatic carbocycles. The van der Waals surface area contributed by atoms with Crippen molar-refractivity contribution in [2.24, 2.45) is 5.73 Å². The number of amides is 1. The third-order valence-corrected chi connectivity index (χ3v) is 6.07. The zero-order valence-electron chi connectivity index (χ0n) is 17.3. The monoisotopic (exact) mass is 482 g/mol. The van der Waals surface area contributed by atoms with E-state index in [9.17, 15) is 14.7 Å². The average molecular weight is 483 g/mol. The minimum Gasteiger partial charge on any atom is -0.478 e. The van der Waals surface area contributed by atoms with Crippen molar-refractivity contribution in [3.8, 4) is 11.3 Å². The average Bonchev–Trinajstić information content (AvgIpc) is 3.22. The van der Waals surface area contributed by atoms with Gasteiger partial charge in [0, 0.05) is 16.6 Å². The van der Waals surface area contributed by atoms with Crippen molar-refractivity contribution in [3.63, 3.8) is 0 Å². The second kappa shape index (κ2) is 9.62. The first-order valence-electron chi connectivity index (χ1n) is 10.1. The number of fused-ring (bicyclic) bond motifs is 1. The fraction of sp³-hybridized carbons (Fsp3) is 0.125. The Labute approximate surface area is 199 Å². The van der Waals surface area contributed by atoms with Gasteiger partial charge < -0.3 is 16.2 Å². The Kier molecular flexibility index (Phi) is 6.65. The number of carbonyl (C=O) groups is 2. The summed E-state index contributed by atoms with van der Waals surface area (Å²) in [4.78, 5) is 24.5. The summed E-state index contributed by atoms with van der Waals surface area (Å²) >= 11 is 12.2. The van der Waals surface area contributed by atoms with Crippen molar-refractivity contribution in [2.45, 2.75) is 12.3 Å². The molecule has 33 heavy (non-hydrogen) atoms. The number of hydrogen-bond donors (Lipinski definition) is 4. The first kappa shape index (κ1) is 22.8. The van der Waals surface area contributed by atoms with Crippen LogP contribution in [0.4, 0.5) is 5.69 Å². The Bertz CT molecular complexity index is 1350. The standard InChI is InChI=1S/C24H20Cl2N4O3/c25-19-6-4-13(11-20(19)26)17(8-9-27)23(31)28-16-5-7-21-18(12-16)22(30-29-21)14-2-1-3-15(10-14)24(32)33/h1-7,10-12,17H,8-9,27H2,(H,28,31)(H,29,30)(H,32,33). The van der Waals surface area contributed by atoms with Gasteiger partial charge in [-0.05, 0) is 61.0 Å². The summed E-state index contributed by atoms with van der Waals surface area (Å²) in [6.45, 7) is 0.323. The lowest BCUT2D eigenvalue weighted by Gasteiger charge is -2.17. The predicted molar refractivity (Wildman–Crippen MR) is 130 cm³/mol. The molecule has 9 heteroatoms. The number of anilines is 1.